The monoisotopic (exact) mass is 466 g/mol. The first kappa shape index (κ1) is 24.3. The van der Waals surface area contributed by atoms with Crippen molar-refractivity contribution in [3.05, 3.63) is 84.6 Å². The summed E-state index contributed by atoms with van der Waals surface area (Å²) in [4.78, 5) is 4.62. The van der Waals surface area contributed by atoms with Crippen LogP contribution in [0.5, 0.6) is 11.5 Å². The average molecular weight is 467 g/mol. The summed E-state index contributed by atoms with van der Waals surface area (Å²) in [5, 5.41) is 0. The molecule has 0 aliphatic heterocycles. The predicted octanol–water partition coefficient (Wildman–Crippen LogP) is 7.80. The highest BCUT2D eigenvalue weighted by atomic mass is 16.5. The van der Waals surface area contributed by atoms with E-state index in [2.05, 4.69) is 60.4 Å². The lowest BCUT2D eigenvalue weighted by Gasteiger charge is -2.14. The van der Waals surface area contributed by atoms with E-state index in [1.807, 2.05) is 44.3 Å². The normalized spacial score (nSPS) is 10.8. The first-order valence-electron chi connectivity index (χ1n) is 12.5. The van der Waals surface area contributed by atoms with Gasteiger partial charge in [-0.25, -0.2) is 0 Å². The number of nitrogens with two attached hydrogens (primary N) is 1. The summed E-state index contributed by atoms with van der Waals surface area (Å²) in [6.45, 7) is 7.34. The zero-order valence-corrected chi connectivity index (χ0v) is 20.9. The zero-order chi connectivity index (χ0) is 24.6. The standard InChI is InChI=1S/C31H34N2O2/c1-4-7-8-22-9-11-23(12-10-22)24-13-15-27(29(32)19-24)25-17-18-33-30(20-25)28-16-14-26(34-5-2)21-31(28)35-6-3/h9-21H,4-8,32H2,1-3H3. The molecule has 0 radical (unpaired) electrons. The van der Waals surface area contributed by atoms with Crippen LogP contribution < -0.4 is 15.2 Å². The van der Waals surface area contributed by atoms with Gasteiger partial charge in [0.05, 0.1) is 18.9 Å². The van der Waals surface area contributed by atoms with Gasteiger partial charge in [-0.3, -0.25) is 4.98 Å². The van der Waals surface area contributed by atoms with Gasteiger partial charge in [0.1, 0.15) is 11.5 Å². The molecule has 0 saturated carbocycles. The van der Waals surface area contributed by atoms with Gasteiger partial charge in [-0.15, -0.1) is 0 Å². The van der Waals surface area contributed by atoms with Crippen molar-refractivity contribution in [1.82, 2.24) is 4.98 Å². The Morgan fingerprint density at radius 2 is 1.46 bits per heavy atom. The number of aryl methyl sites for hydroxylation is 1. The Hall–Kier alpha value is -3.79. The third kappa shape index (κ3) is 5.83. The van der Waals surface area contributed by atoms with Crippen molar-refractivity contribution in [2.75, 3.05) is 18.9 Å². The lowest BCUT2D eigenvalue weighted by Crippen LogP contribution is -1.98. The Balaban J connectivity index is 1.62. The van der Waals surface area contributed by atoms with Crippen molar-refractivity contribution in [3.8, 4) is 45.0 Å². The number of hydrogen-bond donors (Lipinski definition) is 1. The molecule has 0 spiro atoms. The first-order valence-corrected chi connectivity index (χ1v) is 12.5. The second-order valence-corrected chi connectivity index (χ2v) is 8.56. The maximum Gasteiger partial charge on any atom is 0.132 e. The molecule has 0 saturated heterocycles. The largest absolute Gasteiger partial charge is 0.494 e. The van der Waals surface area contributed by atoms with E-state index in [1.54, 1.807) is 0 Å². The minimum Gasteiger partial charge on any atom is -0.494 e. The van der Waals surface area contributed by atoms with E-state index in [4.69, 9.17) is 15.2 Å². The molecule has 4 heteroatoms. The van der Waals surface area contributed by atoms with Crippen molar-refractivity contribution < 1.29 is 9.47 Å². The van der Waals surface area contributed by atoms with Crippen LogP contribution in [-0.4, -0.2) is 18.2 Å². The molecule has 4 aromatic rings. The van der Waals surface area contributed by atoms with Gasteiger partial charge < -0.3 is 15.2 Å². The van der Waals surface area contributed by atoms with Crippen molar-refractivity contribution in [3.63, 3.8) is 0 Å². The van der Waals surface area contributed by atoms with E-state index < -0.39 is 0 Å². The molecule has 35 heavy (non-hydrogen) atoms. The van der Waals surface area contributed by atoms with Gasteiger partial charge in [0.25, 0.3) is 0 Å². The number of nitrogen functional groups attached to an aromatic ring is 1. The number of unbranched alkanes of at least 4 members (excludes halogenated alkanes) is 1. The molecule has 180 valence electrons. The SMILES string of the molecule is CCCCc1ccc(-c2ccc(-c3ccnc(-c4ccc(OCC)cc4OCC)c3)c(N)c2)cc1. The van der Waals surface area contributed by atoms with Crippen molar-refractivity contribution in [2.24, 2.45) is 0 Å². The Labute approximate surface area is 208 Å². The third-order valence-electron chi connectivity index (χ3n) is 6.07. The molecule has 0 aliphatic rings. The van der Waals surface area contributed by atoms with Crippen LogP contribution in [0.2, 0.25) is 0 Å². The molecule has 0 aliphatic carbocycles. The fourth-order valence-electron chi connectivity index (χ4n) is 4.24. The summed E-state index contributed by atoms with van der Waals surface area (Å²) >= 11 is 0. The average Bonchev–Trinajstić information content (AvgIpc) is 2.88. The van der Waals surface area contributed by atoms with Crippen LogP contribution in [0.4, 0.5) is 5.69 Å². The Morgan fingerprint density at radius 3 is 2.17 bits per heavy atom. The number of rotatable bonds is 10. The number of nitrogens with zero attached hydrogens (tertiary/aromatic N) is 1. The van der Waals surface area contributed by atoms with Crippen LogP contribution in [0.25, 0.3) is 33.5 Å². The maximum atomic E-state index is 6.54. The maximum absolute atomic E-state index is 6.54. The molecular weight excluding hydrogens is 432 g/mol. The summed E-state index contributed by atoms with van der Waals surface area (Å²) in [5.41, 5.74) is 14.7. The van der Waals surface area contributed by atoms with Gasteiger partial charge in [0, 0.05) is 29.1 Å². The topological polar surface area (TPSA) is 57.4 Å². The second-order valence-electron chi connectivity index (χ2n) is 8.56. The molecule has 1 aromatic heterocycles. The van der Waals surface area contributed by atoms with Crippen LogP contribution in [0, 0.1) is 0 Å². The van der Waals surface area contributed by atoms with Crippen molar-refractivity contribution in [2.45, 2.75) is 40.0 Å². The number of pyridine rings is 1. The lowest BCUT2D eigenvalue weighted by molar-refractivity contribution is 0.324. The number of ether oxygens (including phenoxy) is 2. The van der Waals surface area contributed by atoms with Crippen LogP contribution in [0.1, 0.15) is 39.2 Å². The Bertz CT molecular complexity index is 1270. The molecule has 4 nitrogen and oxygen atoms in total. The number of benzene rings is 3. The highest BCUT2D eigenvalue weighted by Crippen LogP contribution is 2.36. The molecule has 0 fully saturated rings. The van der Waals surface area contributed by atoms with E-state index >= 15 is 0 Å². The molecule has 0 bridgehead atoms. The summed E-state index contributed by atoms with van der Waals surface area (Å²) in [6.07, 6.45) is 5.38. The smallest absolute Gasteiger partial charge is 0.132 e. The highest BCUT2D eigenvalue weighted by molar-refractivity contribution is 5.83. The zero-order valence-electron chi connectivity index (χ0n) is 20.9. The molecule has 0 unspecified atom stereocenters. The number of anilines is 1. The van der Waals surface area contributed by atoms with Crippen molar-refractivity contribution in [1.29, 1.82) is 0 Å². The van der Waals surface area contributed by atoms with Crippen LogP contribution in [0.15, 0.2) is 79.0 Å². The van der Waals surface area contributed by atoms with Crippen molar-refractivity contribution >= 4 is 5.69 Å². The molecule has 4 rings (SSSR count). The van der Waals surface area contributed by atoms with E-state index in [9.17, 15) is 0 Å². The molecule has 1 heterocycles. The Kier molecular flexibility index (Phi) is 8.04. The number of hydrogen-bond acceptors (Lipinski definition) is 4. The quantitative estimate of drug-likeness (QED) is 0.242. The summed E-state index contributed by atoms with van der Waals surface area (Å²) in [7, 11) is 0. The molecule has 3 aromatic carbocycles. The van der Waals surface area contributed by atoms with E-state index in [-0.39, 0.29) is 0 Å². The third-order valence-corrected chi connectivity index (χ3v) is 6.07. The highest BCUT2D eigenvalue weighted by Gasteiger charge is 2.12. The van der Waals surface area contributed by atoms with E-state index in [0.717, 1.165) is 51.6 Å². The van der Waals surface area contributed by atoms with Crippen LogP contribution in [-0.2, 0) is 6.42 Å². The number of aromatic nitrogens is 1. The van der Waals surface area contributed by atoms with Crippen LogP contribution in [0.3, 0.4) is 0 Å². The van der Waals surface area contributed by atoms with Gasteiger partial charge in [0.2, 0.25) is 0 Å². The van der Waals surface area contributed by atoms with E-state index in [0.29, 0.717) is 13.2 Å². The fraction of sp³-hybridized carbons (Fsp3) is 0.258. The minimum absolute atomic E-state index is 0.566. The molecule has 0 atom stereocenters. The molecular formula is C31H34N2O2. The van der Waals surface area contributed by atoms with Crippen LogP contribution >= 0.6 is 0 Å². The van der Waals surface area contributed by atoms with Gasteiger partial charge in [0.15, 0.2) is 0 Å². The second kappa shape index (κ2) is 11.6. The fourth-order valence-corrected chi connectivity index (χ4v) is 4.24. The Morgan fingerprint density at radius 1 is 0.714 bits per heavy atom. The summed E-state index contributed by atoms with van der Waals surface area (Å²) in [5.74, 6) is 1.54. The first-order chi connectivity index (χ1) is 17.1. The van der Waals surface area contributed by atoms with Gasteiger partial charge in [-0.1, -0.05) is 49.7 Å². The predicted molar refractivity (Wildman–Crippen MR) is 146 cm³/mol. The minimum atomic E-state index is 0.566. The van der Waals surface area contributed by atoms with Gasteiger partial charge >= 0.3 is 0 Å². The van der Waals surface area contributed by atoms with Gasteiger partial charge in [-0.2, -0.15) is 0 Å². The van der Waals surface area contributed by atoms with Gasteiger partial charge in [-0.05, 0) is 79.3 Å². The molecule has 2 N–H and O–H groups in total. The summed E-state index contributed by atoms with van der Waals surface area (Å²) in [6, 6.07) is 25.0. The lowest BCUT2D eigenvalue weighted by atomic mass is 9.96. The molecule has 0 amide bonds. The summed E-state index contributed by atoms with van der Waals surface area (Å²) < 4.78 is 11.5. The van der Waals surface area contributed by atoms with E-state index in [1.165, 1.54) is 24.0 Å².